The van der Waals surface area contributed by atoms with Gasteiger partial charge in [0.25, 0.3) is 5.91 Å². The molecule has 1 heterocycles. The molecule has 1 amide bonds. The van der Waals surface area contributed by atoms with Crippen molar-refractivity contribution in [3.8, 4) is 17.5 Å². The molecule has 2 N–H and O–H groups in total. The van der Waals surface area contributed by atoms with E-state index in [1.807, 2.05) is 0 Å². The minimum Gasteiger partial charge on any atom is -0.322 e. The maximum atomic E-state index is 13.9. The van der Waals surface area contributed by atoms with E-state index >= 15 is 0 Å². The smallest absolute Gasteiger partial charge is 0.261 e. The number of benzene rings is 2. The van der Waals surface area contributed by atoms with Gasteiger partial charge in [0.1, 0.15) is 23.0 Å². The molecule has 124 valence electrons. The van der Waals surface area contributed by atoms with E-state index in [2.05, 4.69) is 20.5 Å². The Kier molecular flexibility index (Phi) is 4.22. The van der Waals surface area contributed by atoms with E-state index in [0.29, 0.717) is 17.3 Å². The molecule has 0 saturated heterocycles. The first-order valence-electron chi connectivity index (χ1n) is 7.18. The number of halogens is 2. The Morgan fingerprint density at radius 1 is 1.20 bits per heavy atom. The van der Waals surface area contributed by atoms with Crippen molar-refractivity contribution in [2.24, 2.45) is 0 Å². The van der Waals surface area contributed by atoms with Crippen molar-refractivity contribution in [2.75, 3.05) is 5.32 Å². The van der Waals surface area contributed by atoms with Crippen molar-refractivity contribution >= 4 is 11.6 Å². The molecule has 8 heteroatoms. The number of anilines is 1. The minimum absolute atomic E-state index is 0.197. The predicted octanol–water partition coefficient (Wildman–Crippen LogP) is 3.18. The van der Waals surface area contributed by atoms with Crippen LogP contribution in [0.15, 0.2) is 36.4 Å². The first kappa shape index (κ1) is 16.3. The average molecular weight is 339 g/mol. The Bertz CT molecular complexity index is 966. The molecular formula is C17H11F2N5O. The van der Waals surface area contributed by atoms with Crippen LogP contribution in [0.25, 0.3) is 11.4 Å². The first-order valence-corrected chi connectivity index (χ1v) is 7.18. The number of aryl methyl sites for hydroxylation is 1. The van der Waals surface area contributed by atoms with Crippen LogP contribution in [0.3, 0.4) is 0 Å². The molecule has 0 unspecified atom stereocenters. The maximum Gasteiger partial charge on any atom is 0.261 e. The topological polar surface area (TPSA) is 94.5 Å². The Hall–Kier alpha value is -3.60. The largest absolute Gasteiger partial charge is 0.322 e. The second kappa shape index (κ2) is 6.49. The molecular weight excluding hydrogens is 328 g/mol. The van der Waals surface area contributed by atoms with Gasteiger partial charge in [-0.25, -0.2) is 13.8 Å². The molecule has 0 aliphatic carbocycles. The Morgan fingerprint density at radius 2 is 1.84 bits per heavy atom. The van der Waals surface area contributed by atoms with Crippen molar-refractivity contribution in [3.63, 3.8) is 0 Å². The molecule has 0 saturated carbocycles. The van der Waals surface area contributed by atoms with Crippen LogP contribution in [0, 0.1) is 29.9 Å². The summed E-state index contributed by atoms with van der Waals surface area (Å²) in [5, 5.41) is 17.8. The molecule has 25 heavy (non-hydrogen) atoms. The minimum atomic E-state index is -1.10. The van der Waals surface area contributed by atoms with Gasteiger partial charge in [0.15, 0.2) is 5.82 Å². The number of aromatic amines is 1. The summed E-state index contributed by atoms with van der Waals surface area (Å²) in [6.45, 7) is 1.77. The highest BCUT2D eigenvalue weighted by atomic mass is 19.1. The second-order valence-electron chi connectivity index (χ2n) is 5.20. The summed E-state index contributed by atoms with van der Waals surface area (Å²) in [5.74, 6) is -1.97. The van der Waals surface area contributed by atoms with E-state index in [1.165, 1.54) is 0 Å². The van der Waals surface area contributed by atoms with Crippen molar-refractivity contribution in [1.29, 1.82) is 5.26 Å². The summed E-state index contributed by atoms with van der Waals surface area (Å²) in [7, 11) is 0. The lowest BCUT2D eigenvalue weighted by Gasteiger charge is -2.08. The number of nitrogens with one attached hydrogen (secondary N) is 2. The van der Waals surface area contributed by atoms with Crippen molar-refractivity contribution < 1.29 is 13.6 Å². The molecule has 1 aromatic heterocycles. The van der Waals surface area contributed by atoms with Gasteiger partial charge in [0.05, 0.1) is 11.6 Å². The van der Waals surface area contributed by atoms with Crippen LogP contribution in [-0.4, -0.2) is 21.1 Å². The summed E-state index contributed by atoms with van der Waals surface area (Å²) < 4.78 is 27.7. The lowest BCUT2D eigenvalue weighted by atomic mass is 10.1. The van der Waals surface area contributed by atoms with Crippen molar-refractivity contribution in [3.05, 3.63) is 65.0 Å². The highest BCUT2D eigenvalue weighted by Gasteiger charge is 2.19. The third-order valence-corrected chi connectivity index (χ3v) is 3.40. The standard InChI is InChI=1S/C17H11F2N5O/c1-9-21-16(24-23-9)11-2-4-12(5-3-11)22-17(25)15-13(18)6-10(8-20)7-14(15)19/h2-7H,1H3,(H,22,25)(H,21,23,24). The van der Waals surface area contributed by atoms with Gasteiger partial charge in [0, 0.05) is 11.3 Å². The fraction of sp³-hybridized carbons (Fsp3) is 0.0588. The summed E-state index contributed by atoms with van der Waals surface area (Å²) in [5.41, 5.74) is 0.132. The number of nitriles is 1. The van der Waals surface area contributed by atoms with E-state index in [1.54, 1.807) is 37.3 Å². The van der Waals surface area contributed by atoms with Crippen LogP contribution in [0.2, 0.25) is 0 Å². The van der Waals surface area contributed by atoms with E-state index in [0.717, 1.165) is 17.7 Å². The Balaban J connectivity index is 1.81. The van der Waals surface area contributed by atoms with Gasteiger partial charge in [0.2, 0.25) is 0 Å². The van der Waals surface area contributed by atoms with Crippen LogP contribution in [0.5, 0.6) is 0 Å². The van der Waals surface area contributed by atoms with Crippen LogP contribution in [0.4, 0.5) is 14.5 Å². The van der Waals surface area contributed by atoms with Crippen LogP contribution in [0.1, 0.15) is 21.7 Å². The van der Waals surface area contributed by atoms with Gasteiger partial charge >= 0.3 is 0 Å². The fourth-order valence-corrected chi connectivity index (χ4v) is 2.22. The number of carbonyl (C=O) groups excluding carboxylic acids is 1. The monoisotopic (exact) mass is 339 g/mol. The number of H-pyrrole nitrogens is 1. The summed E-state index contributed by atoms with van der Waals surface area (Å²) in [6, 6.07) is 9.72. The predicted molar refractivity (Wildman–Crippen MR) is 85.6 cm³/mol. The number of rotatable bonds is 3. The zero-order valence-corrected chi connectivity index (χ0v) is 13.0. The second-order valence-corrected chi connectivity index (χ2v) is 5.20. The van der Waals surface area contributed by atoms with Gasteiger partial charge in [-0.1, -0.05) is 0 Å². The normalized spacial score (nSPS) is 10.3. The average Bonchev–Trinajstić information content (AvgIpc) is 3.01. The van der Waals surface area contributed by atoms with Gasteiger partial charge in [-0.15, -0.1) is 0 Å². The number of hydrogen-bond acceptors (Lipinski definition) is 4. The fourth-order valence-electron chi connectivity index (χ4n) is 2.22. The quantitative estimate of drug-likeness (QED) is 0.766. The molecule has 0 atom stereocenters. The summed E-state index contributed by atoms with van der Waals surface area (Å²) in [6.07, 6.45) is 0. The number of carbonyl (C=O) groups is 1. The van der Waals surface area contributed by atoms with Gasteiger partial charge < -0.3 is 5.32 Å². The van der Waals surface area contributed by atoms with Gasteiger partial charge in [-0.05, 0) is 43.3 Å². The highest BCUT2D eigenvalue weighted by molar-refractivity contribution is 6.04. The molecule has 0 spiro atoms. The SMILES string of the molecule is Cc1nc(-c2ccc(NC(=O)c3c(F)cc(C#N)cc3F)cc2)n[nH]1. The van der Waals surface area contributed by atoms with Crippen molar-refractivity contribution in [2.45, 2.75) is 6.92 Å². The number of nitrogens with zero attached hydrogens (tertiary/aromatic N) is 3. The van der Waals surface area contributed by atoms with Gasteiger partial charge in [-0.3, -0.25) is 9.89 Å². The molecule has 2 aromatic carbocycles. The Labute approximate surface area is 141 Å². The third kappa shape index (κ3) is 3.35. The molecule has 0 bridgehead atoms. The zero-order valence-electron chi connectivity index (χ0n) is 13.0. The maximum absolute atomic E-state index is 13.9. The lowest BCUT2D eigenvalue weighted by Crippen LogP contribution is -2.16. The van der Waals surface area contributed by atoms with E-state index in [-0.39, 0.29) is 5.56 Å². The number of aromatic nitrogens is 3. The first-order chi connectivity index (χ1) is 12.0. The lowest BCUT2D eigenvalue weighted by molar-refractivity contribution is 0.101. The van der Waals surface area contributed by atoms with Crippen LogP contribution in [-0.2, 0) is 0 Å². The molecule has 0 aliphatic heterocycles. The number of amides is 1. The molecule has 3 rings (SSSR count). The van der Waals surface area contributed by atoms with Crippen LogP contribution >= 0.6 is 0 Å². The molecule has 3 aromatic rings. The molecule has 6 nitrogen and oxygen atoms in total. The number of hydrogen-bond donors (Lipinski definition) is 2. The highest BCUT2D eigenvalue weighted by Crippen LogP contribution is 2.20. The molecule has 0 fully saturated rings. The van der Waals surface area contributed by atoms with Crippen molar-refractivity contribution in [1.82, 2.24) is 15.2 Å². The van der Waals surface area contributed by atoms with Gasteiger partial charge in [-0.2, -0.15) is 10.4 Å². The summed E-state index contributed by atoms with van der Waals surface area (Å²) >= 11 is 0. The molecule has 0 radical (unpaired) electrons. The van der Waals surface area contributed by atoms with E-state index in [4.69, 9.17) is 5.26 Å². The van der Waals surface area contributed by atoms with Crippen LogP contribution < -0.4 is 5.32 Å². The third-order valence-electron chi connectivity index (χ3n) is 3.40. The summed E-state index contributed by atoms with van der Waals surface area (Å²) in [4.78, 5) is 16.3. The Morgan fingerprint density at radius 3 is 2.36 bits per heavy atom. The molecule has 0 aliphatic rings. The zero-order chi connectivity index (χ0) is 18.0. The van der Waals surface area contributed by atoms with E-state index in [9.17, 15) is 13.6 Å². The van der Waals surface area contributed by atoms with E-state index < -0.39 is 23.1 Å².